The van der Waals surface area contributed by atoms with Crippen molar-refractivity contribution in [1.29, 1.82) is 0 Å². The van der Waals surface area contributed by atoms with Crippen molar-refractivity contribution < 1.29 is 37.0 Å². The van der Waals surface area contributed by atoms with Crippen LogP contribution in [0.15, 0.2) is 91.0 Å². The molecule has 3 fully saturated rings. The van der Waals surface area contributed by atoms with Crippen molar-refractivity contribution in [2.24, 2.45) is 5.92 Å². The lowest BCUT2D eigenvalue weighted by atomic mass is 10.0. The number of sulfonamides is 1. The van der Waals surface area contributed by atoms with Gasteiger partial charge in [-0.15, -0.1) is 0 Å². The van der Waals surface area contributed by atoms with Gasteiger partial charge in [0.05, 0.1) is 36.7 Å². The smallest absolute Gasteiger partial charge is 0.259 e. The maximum atomic E-state index is 14.9. The Labute approximate surface area is 344 Å². The Hall–Kier alpha value is -5.63. The van der Waals surface area contributed by atoms with Crippen molar-refractivity contribution in [3.8, 4) is 28.5 Å². The number of anilines is 1. The highest BCUT2D eigenvalue weighted by atomic mass is 32.2. The molecule has 3 N–H and O–H groups in total. The Morgan fingerprint density at radius 2 is 1.71 bits per heavy atom. The van der Waals surface area contributed by atoms with E-state index in [1.54, 1.807) is 26.0 Å². The van der Waals surface area contributed by atoms with Crippen molar-refractivity contribution in [1.82, 2.24) is 19.9 Å². The first-order valence-electron chi connectivity index (χ1n) is 20.4. The van der Waals surface area contributed by atoms with Gasteiger partial charge in [-0.2, -0.15) is 0 Å². The van der Waals surface area contributed by atoms with Crippen LogP contribution in [-0.4, -0.2) is 85.3 Å². The Bertz CT molecular complexity index is 2390. The van der Waals surface area contributed by atoms with Crippen LogP contribution in [-0.2, 0) is 24.4 Å². The van der Waals surface area contributed by atoms with Gasteiger partial charge in [-0.1, -0.05) is 61.4 Å². The lowest BCUT2D eigenvalue weighted by Gasteiger charge is -2.30. The number of rotatable bonds is 10. The predicted octanol–water partition coefficient (Wildman–Crippen LogP) is 6.14. The van der Waals surface area contributed by atoms with E-state index < -0.39 is 56.2 Å². The first-order valence-corrected chi connectivity index (χ1v) is 21.9. The van der Waals surface area contributed by atoms with Crippen LogP contribution in [0.1, 0.15) is 64.7 Å². The van der Waals surface area contributed by atoms with E-state index in [1.165, 1.54) is 0 Å². The number of allylic oxidation sites excluding steroid dienone is 1. The van der Waals surface area contributed by atoms with Crippen molar-refractivity contribution in [3.05, 3.63) is 91.0 Å². The topological polar surface area (TPSA) is 165 Å². The number of ether oxygens (including phenoxy) is 3. The van der Waals surface area contributed by atoms with Crippen LogP contribution < -0.4 is 29.6 Å². The molecule has 0 radical (unpaired) electrons. The molecule has 8 rings (SSSR count). The van der Waals surface area contributed by atoms with Crippen LogP contribution in [0.2, 0.25) is 0 Å². The molecule has 3 aromatic carbocycles. The third-order valence-corrected chi connectivity index (χ3v) is 14.4. The van der Waals surface area contributed by atoms with E-state index in [0.717, 1.165) is 36.6 Å². The van der Waals surface area contributed by atoms with Gasteiger partial charge in [0.15, 0.2) is 0 Å². The molecule has 4 aliphatic rings. The number of benzene rings is 3. The fourth-order valence-electron chi connectivity index (χ4n) is 8.20. The Morgan fingerprint density at radius 1 is 0.932 bits per heavy atom. The van der Waals surface area contributed by atoms with Gasteiger partial charge in [-0.05, 0) is 69.7 Å². The monoisotopic (exact) mass is 821 g/mol. The van der Waals surface area contributed by atoms with Gasteiger partial charge >= 0.3 is 0 Å². The lowest BCUT2D eigenvalue weighted by Crippen LogP contribution is -2.58. The van der Waals surface area contributed by atoms with Crippen LogP contribution >= 0.6 is 0 Å². The number of carbonyl (C=O) groups excluding carboxylic acids is 3. The summed E-state index contributed by atoms with van der Waals surface area (Å²) >= 11 is 0. The standard InChI is InChI=1S/C45H51N5O8S/c1-44(21-22-44)59(54,55)49-43(53)45-27-30(45)15-10-5-4-6-11-18-36(46-31-16-12-17-32(23-31)56-2)42(52)50-28-34(25-39(50)41(51)48-45)58-40-26-37(29-13-8-7-9-14-29)47-38-24-33(57-3)19-20-35(38)40/h7-10,12-17,19-20,23-24,26,30,34,36,39,46H,4-6,11,18,21-22,25,27-28H2,1-3H3,(H,48,51)(H,49,53)/b15-10-/t30-,34-,36+,39+,45-/m1/s1. The molecule has 2 saturated carbocycles. The molecule has 0 bridgehead atoms. The minimum absolute atomic E-state index is 0.0864. The molecule has 1 saturated heterocycles. The number of hydrogen-bond donors (Lipinski definition) is 3. The highest BCUT2D eigenvalue weighted by Crippen LogP contribution is 2.47. The molecule has 2 aliphatic heterocycles. The molecule has 59 heavy (non-hydrogen) atoms. The SMILES string of the molecule is COc1cccc(N[C@H]2CCCCC/C=C\[C@@H]3C[C@@]3(C(=O)NS(=O)(=O)C3(C)CC3)NC(=O)[C@@H]3C[C@@H](Oc4cc(-c5ccccc5)nc5cc(OC)ccc45)CN3C2=O)c1. The van der Waals surface area contributed by atoms with Crippen LogP contribution in [0, 0.1) is 5.92 Å². The van der Waals surface area contributed by atoms with Crippen LogP contribution in [0.3, 0.4) is 0 Å². The van der Waals surface area contributed by atoms with Gasteiger partial charge in [0.2, 0.25) is 21.8 Å². The van der Waals surface area contributed by atoms with Gasteiger partial charge in [-0.3, -0.25) is 19.1 Å². The molecule has 0 unspecified atom stereocenters. The number of fused-ring (bicyclic) bond motifs is 3. The van der Waals surface area contributed by atoms with Crippen molar-refractivity contribution >= 4 is 44.3 Å². The fourth-order valence-corrected chi connectivity index (χ4v) is 9.51. The average Bonchev–Trinajstić information content (AvgIpc) is 4.12. The van der Waals surface area contributed by atoms with Gasteiger partial charge in [0, 0.05) is 47.2 Å². The predicted molar refractivity (Wildman–Crippen MR) is 225 cm³/mol. The van der Waals surface area contributed by atoms with E-state index in [9.17, 15) is 22.8 Å². The van der Waals surface area contributed by atoms with Gasteiger partial charge in [0.1, 0.15) is 41.0 Å². The van der Waals surface area contributed by atoms with Gasteiger partial charge in [0.25, 0.3) is 5.91 Å². The second-order valence-corrected chi connectivity index (χ2v) is 18.6. The Kier molecular flexibility index (Phi) is 11.0. The second-order valence-electron chi connectivity index (χ2n) is 16.4. The minimum atomic E-state index is -3.98. The molecule has 0 spiro atoms. The molecule has 5 atom stereocenters. The summed E-state index contributed by atoms with van der Waals surface area (Å²) in [6.07, 6.45) is 8.30. The van der Waals surface area contributed by atoms with E-state index in [4.69, 9.17) is 19.2 Å². The van der Waals surface area contributed by atoms with Crippen molar-refractivity contribution in [2.45, 2.75) is 93.2 Å². The number of carbonyl (C=O) groups is 3. The number of pyridine rings is 1. The summed E-state index contributed by atoms with van der Waals surface area (Å²) in [5.74, 6) is -0.191. The second kappa shape index (κ2) is 16.2. The number of nitrogens with one attached hydrogen (secondary N) is 3. The fraction of sp³-hybridized carbons (Fsp3) is 0.422. The third-order valence-electron chi connectivity index (χ3n) is 12.2. The normalized spacial score (nSPS) is 25.9. The number of aromatic nitrogens is 1. The van der Waals surface area contributed by atoms with E-state index in [2.05, 4.69) is 15.4 Å². The van der Waals surface area contributed by atoms with Gasteiger partial charge in [-0.25, -0.2) is 13.4 Å². The minimum Gasteiger partial charge on any atom is -0.497 e. The summed E-state index contributed by atoms with van der Waals surface area (Å²) in [4.78, 5) is 50.1. The lowest BCUT2D eigenvalue weighted by molar-refractivity contribution is -0.140. The van der Waals surface area contributed by atoms with E-state index >= 15 is 0 Å². The molecule has 2 aliphatic carbocycles. The summed E-state index contributed by atoms with van der Waals surface area (Å²) in [5.41, 5.74) is 1.44. The molecule has 3 heterocycles. The number of hydrogen-bond acceptors (Lipinski definition) is 10. The average molecular weight is 822 g/mol. The molecule has 4 aromatic rings. The quantitative estimate of drug-likeness (QED) is 0.158. The third kappa shape index (κ3) is 8.32. The molecule has 14 heteroatoms. The van der Waals surface area contributed by atoms with Gasteiger partial charge < -0.3 is 29.7 Å². The molecule has 3 amide bonds. The Balaban J connectivity index is 1.14. The van der Waals surface area contributed by atoms with Crippen LogP contribution in [0.4, 0.5) is 5.69 Å². The zero-order valence-electron chi connectivity index (χ0n) is 33.6. The molecule has 310 valence electrons. The largest absolute Gasteiger partial charge is 0.497 e. The summed E-state index contributed by atoms with van der Waals surface area (Å²) < 4.78 is 45.6. The summed E-state index contributed by atoms with van der Waals surface area (Å²) in [6.45, 7) is 1.70. The number of methoxy groups -OCH3 is 2. The highest BCUT2D eigenvalue weighted by Gasteiger charge is 2.63. The molecule has 13 nitrogen and oxygen atoms in total. The van der Waals surface area contributed by atoms with Crippen molar-refractivity contribution in [3.63, 3.8) is 0 Å². The maximum Gasteiger partial charge on any atom is 0.259 e. The highest BCUT2D eigenvalue weighted by molar-refractivity contribution is 7.91. The summed E-state index contributed by atoms with van der Waals surface area (Å²) in [7, 11) is -0.799. The van der Waals surface area contributed by atoms with E-state index in [1.807, 2.05) is 91.0 Å². The number of amides is 3. The zero-order chi connectivity index (χ0) is 41.4. The first-order chi connectivity index (χ1) is 28.4. The van der Waals surface area contributed by atoms with E-state index in [-0.39, 0.29) is 25.3 Å². The number of nitrogens with zero attached hydrogens (tertiary/aromatic N) is 2. The molecule has 1 aromatic heterocycles. The summed E-state index contributed by atoms with van der Waals surface area (Å²) in [6, 6.07) is 22.8. The van der Waals surface area contributed by atoms with Crippen molar-refractivity contribution in [2.75, 3.05) is 26.1 Å². The maximum absolute atomic E-state index is 14.9. The van der Waals surface area contributed by atoms with Crippen LogP contribution in [0.25, 0.3) is 22.2 Å². The molecular formula is C45H51N5O8S. The zero-order valence-corrected chi connectivity index (χ0v) is 34.4. The Morgan fingerprint density at radius 3 is 2.47 bits per heavy atom. The van der Waals surface area contributed by atoms with Crippen LogP contribution in [0.5, 0.6) is 17.2 Å². The first kappa shape index (κ1) is 40.2. The molecular weight excluding hydrogens is 771 g/mol. The summed E-state index contributed by atoms with van der Waals surface area (Å²) in [5, 5.41) is 7.15. The van der Waals surface area contributed by atoms with E-state index in [0.29, 0.717) is 53.4 Å².